The topological polar surface area (TPSA) is 145 Å². The third-order valence-corrected chi connectivity index (χ3v) is 9.46. The maximum Gasteiger partial charge on any atom is 0.241 e. The van der Waals surface area contributed by atoms with Gasteiger partial charge in [-0.2, -0.15) is 0 Å². The molecule has 2 amide bonds. The molecule has 1 saturated heterocycles. The van der Waals surface area contributed by atoms with E-state index in [2.05, 4.69) is 36.0 Å². The van der Waals surface area contributed by atoms with Crippen LogP contribution >= 0.6 is 0 Å². The number of amidine groups is 1. The van der Waals surface area contributed by atoms with Gasteiger partial charge in [0.1, 0.15) is 5.84 Å². The number of nitrogens with one attached hydrogen (secondary N) is 3. The first-order valence-corrected chi connectivity index (χ1v) is 17.0. The summed E-state index contributed by atoms with van der Waals surface area (Å²) in [5.41, 5.74) is 10.2. The average Bonchev–Trinajstić information content (AvgIpc) is 3.04. The normalized spacial score (nSPS) is 13.6. The fourth-order valence-corrected chi connectivity index (χ4v) is 6.24. The monoisotopic (exact) mass is 633 g/mol. The number of amides is 2. The molecule has 0 spiro atoms. The van der Waals surface area contributed by atoms with Crippen LogP contribution in [0.25, 0.3) is 11.1 Å². The van der Waals surface area contributed by atoms with E-state index in [1.807, 2.05) is 49.4 Å². The van der Waals surface area contributed by atoms with Crippen LogP contribution in [0.1, 0.15) is 68.6 Å². The SMILES string of the molecule is CNC(=O)CCCC1CCN(C(=O)CNS(=O)(=O)c2cccc(-c3ccc(C(C)C)cc3)c2)CC1.Cc1cccc(C(=N)N)c1. The lowest BCUT2D eigenvalue weighted by Crippen LogP contribution is -2.44. The number of piperidine rings is 1. The zero-order valence-electron chi connectivity index (χ0n) is 26.8. The number of nitrogens with zero attached hydrogens (tertiary/aromatic N) is 1. The Balaban J connectivity index is 0.000000468. The van der Waals surface area contributed by atoms with Gasteiger partial charge in [-0.25, -0.2) is 13.1 Å². The molecule has 0 radical (unpaired) electrons. The summed E-state index contributed by atoms with van der Waals surface area (Å²) in [6.45, 7) is 7.23. The van der Waals surface area contributed by atoms with Gasteiger partial charge in [-0.05, 0) is 79.3 Å². The Hall–Kier alpha value is -4.02. The van der Waals surface area contributed by atoms with E-state index in [-0.39, 0.29) is 29.1 Å². The maximum atomic E-state index is 12.9. The lowest BCUT2D eigenvalue weighted by atomic mass is 9.91. The highest BCUT2D eigenvalue weighted by molar-refractivity contribution is 7.89. The Morgan fingerprint density at radius 2 is 1.64 bits per heavy atom. The van der Waals surface area contributed by atoms with Crippen molar-refractivity contribution in [3.05, 3.63) is 89.5 Å². The van der Waals surface area contributed by atoms with E-state index in [1.54, 1.807) is 30.1 Å². The second kappa shape index (κ2) is 16.9. The fourth-order valence-electron chi connectivity index (χ4n) is 5.22. The molecule has 1 aliphatic heterocycles. The summed E-state index contributed by atoms with van der Waals surface area (Å²) in [7, 11) is -2.17. The molecule has 0 aromatic heterocycles. The number of hydrogen-bond acceptors (Lipinski definition) is 5. The van der Waals surface area contributed by atoms with Gasteiger partial charge in [-0.3, -0.25) is 15.0 Å². The molecular formula is C35H47N5O4S. The predicted molar refractivity (Wildman–Crippen MR) is 181 cm³/mol. The first-order valence-electron chi connectivity index (χ1n) is 15.5. The third-order valence-electron chi connectivity index (χ3n) is 8.06. The number of carbonyl (C=O) groups is 2. The molecule has 0 bridgehead atoms. The van der Waals surface area contributed by atoms with E-state index < -0.39 is 10.0 Å². The molecule has 9 nitrogen and oxygen atoms in total. The quantitative estimate of drug-likeness (QED) is 0.170. The van der Waals surface area contributed by atoms with Gasteiger partial charge in [0.25, 0.3) is 0 Å². The fraction of sp³-hybridized carbons (Fsp3) is 0.400. The molecule has 5 N–H and O–H groups in total. The third kappa shape index (κ3) is 11.1. The van der Waals surface area contributed by atoms with Gasteiger partial charge in [0.05, 0.1) is 11.4 Å². The Bertz CT molecular complexity index is 1550. The first kappa shape index (κ1) is 35.5. The molecule has 3 aromatic rings. The van der Waals surface area contributed by atoms with Crippen LogP contribution < -0.4 is 15.8 Å². The average molecular weight is 634 g/mol. The standard InChI is InChI=1S/C27H37N3O4S.C8H10N2/c1-20(2)22-10-12-23(13-11-22)24-7-5-8-25(18-24)35(33,34)29-19-27(32)30-16-14-21(15-17-30)6-4-9-26(31)28-3;1-6-3-2-4-7(5-6)8(9)10/h5,7-8,10-13,18,20-21,29H,4,6,9,14-17,19H2,1-3H3,(H,28,31);2-5H,1H3,(H3,9,10). The molecule has 3 aromatic carbocycles. The number of carbonyl (C=O) groups excluding carboxylic acids is 2. The van der Waals surface area contributed by atoms with Gasteiger partial charge in [-0.15, -0.1) is 0 Å². The van der Waals surface area contributed by atoms with Crippen LogP contribution in [-0.4, -0.2) is 57.6 Å². The molecule has 1 heterocycles. The van der Waals surface area contributed by atoms with Gasteiger partial charge in [0, 0.05) is 32.1 Å². The number of benzene rings is 3. The summed E-state index contributed by atoms with van der Waals surface area (Å²) in [6.07, 6.45) is 4.10. The molecule has 4 rings (SSSR count). The van der Waals surface area contributed by atoms with E-state index in [0.717, 1.165) is 47.9 Å². The second-order valence-corrected chi connectivity index (χ2v) is 13.6. The van der Waals surface area contributed by atoms with E-state index in [1.165, 1.54) is 5.56 Å². The van der Waals surface area contributed by atoms with Crippen LogP contribution in [0, 0.1) is 18.3 Å². The summed E-state index contributed by atoms with van der Waals surface area (Å²) < 4.78 is 28.2. The van der Waals surface area contributed by atoms with Crippen molar-refractivity contribution in [2.75, 3.05) is 26.7 Å². The Kier molecular flexibility index (Phi) is 13.3. The highest BCUT2D eigenvalue weighted by Crippen LogP contribution is 2.25. The lowest BCUT2D eigenvalue weighted by molar-refractivity contribution is -0.131. The molecule has 0 atom stereocenters. The molecule has 0 unspecified atom stereocenters. The minimum absolute atomic E-state index is 0.0551. The number of nitrogen functional groups attached to an aromatic ring is 1. The van der Waals surface area contributed by atoms with Crippen LogP contribution in [0.15, 0.2) is 77.7 Å². The molecule has 45 heavy (non-hydrogen) atoms. The minimum Gasteiger partial charge on any atom is -0.384 e. The van der Waals surface area contributed by atoms with Gasteiger partial charge < -0.3 is 16.0 Å². The molecule has 1 fully saturated rings. The summed E-state index contributed by atoms with van der Waals surface area (Å²) in [5, 5.41) is 9.74. The highest BCUT2D eigenvalue weighted by Gasteiger charge is 2.24. The molecule has 0 aliphatic carbocycles. The molecule has 0 saturated carbocycles. The van der Waals surface area contributed by atoms with Crippen molar-refractivity contribution in [1.29, 1.82) is 5.41 Å². The number of hydrogen-bond donors (Lipinski definition) is 4. The van der Waals surface area contributed by atoms with Crippen molar-refractivity contribution in [3.8, 4) is 11.1 Å². The summed E-state index contributed by atoms with van der Waals surface area (Å²) in [4.78, 5) is 25.9. The number of rotatable bonds is 11. The van der Waals surface area contributed by atoms with Gasteiger partial charge in [-0.1, -0.05) is 74.0 Å². The number of likely N-dealkylation sites (tertiary alicyclic amines) is 1. The van der Waals surface area contributed by atoms with E-state index >= 15 is 0 Å². The maximum absolute atomic E-state index is 12.9. The van der Waals surface area contributed by atoms with Gasteiger partial charge >= 0.3 is 0 Å². The van der Waals surface area contributed by atoms with Crippen LogP contribution in [0.4, 0.5) is 0 Å². The second-order valence-electron chi connectivity index (χ2n) is 11.8. The van der Waals surface area contributed by atoms with Crippen LogP contribution in [0.5, 0.6) is 0 Å². The van der Waals surface area contributed by atoms with Crippen LogP contribution in [0.3, 0.4) is 0 Å². The summed E-state index contributed by atoms with van der Waals surface area (Å²) in [6, 6.07) is 22.5. The highest BCUT2D eigenvalue weighted by atomic mass is 32.2. The molecular weight excluding hydrogens is 586 g/mol. The smallest absolute Gasteiger partial charge is 0.241 e. The van der Waals surface area contributed by atoms with E-state index in [4.69, 9.17) is 11.1 Å². The molecule has 10 heteroatoms. The minimum atomic E-state index is -3.81. The van der Waals surface area contributed by atoms with Gasteiger partial charge in [0.15, 0.2) is 0 Å². The largest absolute Gasteiger partial charge is 0.384 e. The Labute approximate surface area is 268 Å². The Morgan fingerprint density at radius 1 is 0.978 bits per heavy atom. The van der Waals surface area contributed by atoms with Crippen LogP contribution in [0.2, 0.25) is 0 Å². The summed E-state index contributed by atoms with van der Waals surface area (Å²) in [5.74, 6) is 0.899. The van der Waals surface area contributed by atoms with Crippen molar-refractivity contribution < 1.29 is 18.0 Å². The van der Waals surface area contributed by atoms with Crippen LogP contribution in [-0.2, 0) is 19.6 Å². The summed E-state index contributed by atoms with van der Waals surface area (Å²) >= 11 is 0. The first-order chi connectivity index (χ1) is 21.4. The van der Waals surface area contributed by atoms with Crippen molar-refractivity contribution in [2.45, 2.75) is 63.7 Å². The van der Waals surface area contributed by atoms with Crippen molar-refractivity contribution >= 4 is 27.7 Å². The molecule has 1 aliphatic rings. The number of nitrogens with two attached hydrogens (primary N) is 1. The van der Waals surface area contributed by atoms with Crippen molar-refractivity contribution in [2.24, 2.45) is 11.7 Å². The van der Waals surface area contributed by atoms with Gasteiger partial charge in [0.2, 0.25) is 21.8 Å². The lowest BCUT2D eigenvalue weighted by Gasteiger charge is -2.32. The zero-order valence-corrected chi connectivity index (χ0v) is 27.6. The zero-order chi connectivity index (χ0) is 33.0. The number of sulfonamides is 1. The number of aryl methyl sites for hydroxylation is 1. The predicted octanol–water partition coefficient (Wildman–Crippen LogP) is 5.19. The Morgan fingerprint density at radius 3 is 2.22 bits per heavy atom. The van der Waals surface area contributed by atoms with E-state index in [0.29, 0.717) is 31.3 Å². The molecule has 242 valence electrons. The van der Waals surface area contributed by atoms with Crippen molar-refractivity contribution in [1.82, 2.24) is 14.9 Å². The van der Waals surface area contributed by atoms with E-state index in [9.17, 15) is 18.0 Å². The van der Waals surface area contributed by atoms with Crippen molar-refractivity contribution in [3.63, 3.8) is 0 Å².